The molecule has 6 heteroatoms. The molecular formula is C12H19N5S. The molecule has 5 nitrogen and oxygen atoms in total. The van der Waals surface area contributed by atoms with Crippen molar-refractivity contribution in [2.24, 2.45) is 11.7 Å². The van der Waals surface area contributed by atoms with Crippen molar-refractivity contribution >= 4 is 23.2 Å². The number of nitrogens with one attached hydrogen (secondary N) is 1. The van der Waals surface area contributed by atoms with Crippen molar-refractivity contribution < 1.29 is 0 Å². The molecule has 2 heterocycles. The van der Waals surface area contributed by atoms with E-state index in [-0.39, 0.29) is 0 Å². The van der Waals surface area contributed by atoms with Crippen LogP contribution in [0.4, 0.5) is 5.95 Å². The average Bonchev–Trinajstić information content (AvgIpc) is 2.37. The van der Waals surface area contributed by atoms with E-state index in [9.17, 15) is 0 Å². The molecule has 0 radical (unpaired) electrons. The first kappa shape index (κ1) is 13.2. The van der Waals surface area contributed by atoms with Crippen molar-refractivity contribution in [1.29, 1.82) is 0 Å². The fraction of sp³-hybridized carbons (Fsp3) is 0.583. The summed E-state index contributed by atoms with van der Waals surface area (Å²) in [5, 5.41) is 3.27. The second-order valence-electron chi connectivity index (χ2n) is 4.78. The minimum Gasteiger partial charge on any atom is -0.388 e. The Balaban J connectivity index is 1.89. The smallest absolute Gasteiger partial charge is 0.223 e. The number of nitrogens with two attached hydrogens (primary N) is 1. The fourth-order valence-corrected chi connectivity index (χ4v) is 2.37. The predicted octanol–water partition coefficient (Wildman–Crippen LogP) is 0.864. The summed E-state index contributed by atoms with van der Waals surface area (Å²) < 4.78 is 0. The fourth-order valence-electron chi connectivity index (χ4n) is 2.26. The number of hydrogen-bond donors (Lipinski definition) is 2. The standard InChI is InChI=1S/C12H19N5S/c1-17-6-2-3-9(8-17)7-15-12-14-5-4-10(16-12)11(13)18/h4-5,9H,2-3,6-8H2,1H3,(H2,13,18)(H,14,15,16). The highest BCUT2D eigenvalue weighted by Crippen LogP contribution is 2.15. The SMILES string of the molecule is CN1CCCC(CNc2nccc(C(N)=S)n2)C1. The second-order valence-corrected chi connectivity index (χ2v) is 5.22. The van der Waals surface area contributed by atoms with Crippen molar-refractivity contribution in [2.45, 2.75) is 12.8 Å². The third-order valence-electron chi connectivity index (χ3n) is 3.18. The first-order valence-electron chi connectivity index (χ1n) is 6.20. The van der Waals surface area contributed by atoms with Gasteiger partial charge in [0.2, 0.25) is 5.95 Å². The van der Waals surface area contributed by atoms with Gasteiger partial charge in [-0.1, -0.05) is 12.2 Å². The van der Waals surface area contributed by atoms with Gasteiger partial charge in [-0.05, 0) is 38.4 Å². The quantitative estimate of drug-likeness (QED) is 0.787. The van der Waals surface area contributed by atoms with Crippen LogP contribution in [-0.2, 0) is 0 Å². The molecule has 0 aliphatic carbocycles. The maximum absolute atomic E-state index is 5.55. The lowest BCUT2D eigenvalue weighted by atomic mass is 9.99. The van der Waals surface area contributed by atoms with E-state index in [1.165, 1.54) is 19.4 Å². The van der Waals surface area contributed by atoms with Crippen LogP contribution < -0.4 is 11.1 Å². The minimum atomic E-state index is 0.304. The summed E-state index contributed by atoms with van der Waals surface area (Å²) in [7, 11) is 2.16. The van der Waals surface area contributed by atoms with E-state index >= 15 is 0 Å². The first-order valence-corrected chi connectivity index (χ1v) is 6.61. The van der Waals surface area contributed by atoms with Crippen LogP contribution in [0.2, 0.25) is 0 Å². The van der Waals surface area contributed by atoms with Gasteiger partial charge in [-0.2, -0.15) is 0 Å². The lowest BCUT2D eigenvalue weighted by Crippen LogP contribution is -2.35. The summed E-state index contributed by atoms with van der Waals surface area (Å²) in [5.41, 5.74) is 6.16. The molecule has 1 aromatic rings. The molecule has 0 aromatic carbocycles. The van der Waals surface area contributed by atoms with E-state index in [0.717, 1.165) is 13.1 Å². The summed E-state index contributed by atoms with van der Waals surface area (Å²) in [6.45, 7) is 3.22. The van der Waals surface area contributed by atoms with E-state index < -0.39 is 0 Å². The summed E-state index contributed by atoms with van der Waals surface area (Å²) in [6, 6.07) is 1.72. The van der Waals surface area contributed by atoms with Gasteiger partial charge in [0.15, 0.2) is 0 Å². The van der Waals surface area contributed by atoms with Crippen LogP contribution in [0.1, 0.15) is 18.5 Å². The zero-order chi connectivity index (χ0) is 13.0. The van der Waals surface area contributed by atoms with Gasteiger partial charge in [0.05, 0.1) is 0 Å². The number of likely N-dealkylation sites (tertiary alicyclic amines) is 1. The molecule has 18 heavy (non-hydrogen) atoms. The molecule has 3 N–H and O–H groups in total. The number of rotatable bonds is 4. The average molecular weight is 265 g/mol. The van der Waals surface area contributed by atoms with Crippen LogP contribution in [0.25, 0.3) is 0 Å². The Kier molecular flexibility index (Phi) is 4.43. The highest BCUT2D eigenvalue weighted by molar-refractivity contribution is 7.80. The Morgan fingerprint density at radius 2 is 2.50 bits per heavy atom. The summed E-state index contributed by atoms with van der Waals surface area (Å²) in [6.07, 6.45) is 4.19. The molecule has 1 unspecified atom stereocenters. The van der Waals surface area contributed by atoms with Crippen LogP contribution in [-0.4, -0.2) is 46.5 Å². The van der Waals surface area contributed by atoms with E-state index in [0.29, 0.717) is 22.5 Å². The maximum Gasteiger partial charge on any atom is 0.223 e. The molecular weight excluding hydrogens is 246 g/mol. The van der Waals surface area contributed by atoms with E-state index in [4.69, 9.17) is 18.0 Å². The number of thiocarbonyl (C=S) groups is 1. The Labute approximate surface area is 113 Å². The zero-order valence-electron chi connectivity index (χ0n) is 10.6. The van der Waals surface area contributed by atoms with Gasteiger partial charge < -0.3 is 16.0 Å². The summed E-state index contributed by atoms with van der Waals surface area (Å²) in [5.74, 6) is 1.26. The second kappa shape index (κ2) is 6.06. The van der Waals surface area contributed by atoms with Crippen molar-refractivity contribution in [1.82, 2.24) is 14.9 Å². The van der Waals surface area contributed by atoms with Crippen LogP contribution in [0, 0.1) is 5.92 Å². The minimum absolute atomic E-state index is 0.304. The maximum atomic E-state index is 5.55. The molecule has 1 aliphatic rings. The highest BCUT2D eigenvalue weighted by Gasteiger charge is 2.17. The number of hydrogen-bond acceptors (Lipinski definition) is 5. The molecule has 0 saturated carbocycles. The van der Waals surface area contributed by atoms with E-state index in [2.05, 4.69) is 27.2 Å². The molecule has 0 bridgehead atoms. The van der Waals surface area contributed by atoms with Crippen LogP contribution in [0.5, 0.6) is 0 Å². The zero-order valence-corrected chi connectivity index (χ0v) is 11.4. The molecule has 0 amide bonds. The van der Waals surface area contributed by atoms with E-state index in [1.807, 2.05) is 0 Å². The van der Waals surface area contributed by atoms with Gasteiger partial charge in [0.25, 0.3) is 0 Å². The van der Waals surface area contributed by atoms with Crippen LogP contribution >= 0.6 is 12.2 Å². The Hall–Kier alpha value is -1.27. The third-order valence-corrected chi connectivity index (χ3v) is 3.39. The molecule has 98 valence electrons. The number of nitrogens with zero attached hydrogens (tertiary/aromatic N) is 3. The van der Waals surface area contributed by atoms with Gasteiger partial charge >= 0.3 is 0 Å². The number of aromatic nitrogens is 2. The van der Waals surface area contributed by atoms with Crippen LogP contribution in [0.15, 0.2) is 12.3 Å². The Bertz CT molecular complexity index is 423. The van der Waals surface area contributed by atoms with E-state index in [1.54, 1.807) is 12.3 Å². The summed E-state index contributed by atoms with van der Waals surface area (Å²) in [4.78, 5) is 11.1. The summed E-state index contributed by atoms with van der Waals surface area (Å²) >= 11 is 4.90. The first-order chi connectivity index (χ1) is 8.65. The monoisotopic (exact) mass is 265 g/mol. The largest absolute Gasteiger partial charge is 0.388 e. The molecule has 1 aliphatic heterocycles. The normalized spacial score (nSPS) is 20.6. The molecule has 1 fully saturated rings. The molecule has 0 spiro atoms. The third kappa shape index (κ3) is 3.61. The van der Waals surface area contributed by atoms with Gasteiger partial charge in [0.1, 0.15) is 10.7 Å². The van der Waals surface area contributed by atoms with Gasteiger partial charge in [-0.15, -0.1) is 0 Å². The van der Waals surface area contributed by atoms with Gasteiger partial charge in [-0.3, -0.25) is 0 Å². The Morgan fingerprint density at radius 3 is 3.22 bits per heavy atom. The van der Waals surface area contributed by atoms with Crippen molar-refractivity contribution in [2.75, 3.05) is 32.0 Å². The van der Waals surface area contributed by atoms with Crippen LogP contribution in [0.3, 0.4) is 0 Å². The molecule has 1 atom stereocenters. The molecule has 1 aromatic heterocycles. The van der Waals surface area contributed by atoms with Gasteiger partial charge in [-0.25, -0.2) is 9.97 Å². The number of piperidine rings is 1. The van der Waals surface area contributed by atoms with Crippen molar-refractivity contribution in [3.05, 3.63) is 18.0 Å². The van der Waals surface area contributed by atoms with Crippen molar-refractivity contribution in [3.63, 3.8) is 0 Å². The Morgan fingerprint density at radius 1 is 1.67 bits per heavy atom. The lowest BCUT2D eigenvalue weighted by molar-refractivity contribution is 0.217. The number of anilines is 1. The predicted molar refractivity (Wildman–Crippen MR) is 76.6 cm³/mol. The lowest BCUT2D eigenvalue weighted by Gasteiger charge is -2.29. The molecule has 2 rings (SSSR count). The van der Waals surface area contributed by atoms with Crippen molar-refractivity contribution in [3.8, 4) is 0 Å². The highest BCUT2D eigenvalue weighted by atomic mass is 32.1. The van der Waals surface area contributed by atoms with Gasteiger partial charge in [0, 0.05) is 19.3 Å². The topological polar surface area (TPSA) is 67.1 Å². The molecule has 1 saturated heterocycles.